The maximum atomic E-state index is 5.04. The number of halogens is 1. The molecule has 3 rings (SSSR count). The molecule has 0 spiro atoms. The van der Waals surface area contributed by atoms with Crippen LogP contribution in [-0.2, 0) is 13.1 Å². The number of aromatic nitrogens is 2. The van der Waals surface area contributed by atoms with E-state index in [9.17, 15) is 0 Å². The van der Waals surface area contributed by atoms with Crippen molar-refractivity contribution in [1.82, 2.24) is 20.2 Å². The lowest BCUT2D eigenvalue weighted by Crippen LogP contribution is -2.38. The lowest BCUT2D eigenvalue weighted by molar-refractivity contribution is 0.563. The number of para-hydroxylation sites is 2. The third kappa shape index (κ3) is 4.47. The van der Waals surface area contributed by atoms with Gasteiger partial charge in [-0.2, -0.15) is 0 Å². The molecule has 0 fully saturated rings. The molecule has 3 aromatic rings. The van der Waals surface area contributed by atoms with E-state index in [0.29, 0.717) is 6.54 Å². The Morgan fingerprint density at radius 2 is 2.13 bits per heavy atom. The van der Waals surface area contributed by atoms with Crippen LogP contribution in [0.3, 0.4) is 0 Å². The fourth-order valence-corrected chi connectivity index (χ4v) is 2.28. The predicted molar refractivity (Wildman–Crippen MR) is 102 cm³/mol. The number of guanidine groups is 1. The number of furan rings is 1. The van der Waals surface area contributed by atoms with Gasteiger partial charge >= 0.3 is 0 Å². The first-order valence-electron chi connectivity index (χ1n) is 7.22. The van der Waals surface area contributed by atoms with Gasteiger partial charge in [-0.15, -0.1) is 24.0 Å². The fourth-order valence-electron chi connectivity index (χ4n) is 2.28. The van der Waals surface area contributed by atoms with Crippen LogP contribution in [0.5, 0.6) is 0 Å². The molecule has 0 aliphatic heterocycles. The zero-order valence-corrected chi connectivity index (χ0v) is 15.2. The van der Waals surface area contributed by atoms with Crippen molar-refractivity contribution in [3.63, 3.8) is 0 Å². The summed E-state index contributed by atoms with van der Waals surface area (Å²) < 4.78 is 7.17. The van der Waals surface area contributed by atoms with Crippen LogP contribution in [0.2, 0.25) is 0 Å². The summed E-state index contributed by atoms with van der Waals surface area (Å²) in [7, 11) is 1.76. The van der Waals surface area contributed by atoms with Gasteiger partial charge in [-0.3, -0.25) is 4.99 Å². The van der Waals surface area contributed by atoms with Crippen LogP contribution in [0.25, 0.3) is 11.0 Å². The summed E-state index contributed by atoms with van der Waals surface area (Å²) in [5.41, 5.74) is 3.25. The minimum absolute atomic E-state index is 0. The van der Waals surface area contributed by atoms with Crippen molar-refractivity contribution in [3.05, 3.63) is 54.7 Å². The number of rotatable bonds is 5. The molecule has 0 bridgehead atoms. The Hall–Kier alpha value is -2.03. The summed E-state index contributed by atoms with van der Waals surface area (Å²) in [6.07, 6.45) is 5.25. The minimum Gasteiger partial charge on any atom is -0.472 e. The van der Waals surface area contributed by atoms with Crippen molar-refractivity contribution in [2.24, 2.45) is 4.99 Å². The van der Waals surface area contributed by atoms with Crippen LogP contribution in [0.1, 0.15) is 5.56 Å². The first-order valence-corrected chi connectivity index (χ1v) is 7.22. The average molecular weight is 425 g/mol. The van der Waals surface area contributed by atoms with Gasteiger partial charge in [-0.1, -0.05) is 12.1 Å². The Balaban J connectivity index is 0.00000192. The van der Waals surface area contributed by atoms with Gasteiger partial charge in [0.1, 0.15) is 0 Å². The molecule has 2 heterocycles. The normalized spacial score (nSPS) is 11.3. The Labute approximate surface area is 152 Å². The third-order valence-electron chi connectivity index (χ3n) is 3.44. The zero-order valence-electron chi connectivity index (χ0n) is 12.9. The molecule has 0 saturated carbocycles. The standard InChI is InChI=1S/C16H19N5O.HI/c1-17-16(19-10-13-6-9-22-11-13)18-7-8-21-12-20-14-4-2-3-5-15(14)21;/h2-6,9,11-12H,7-8,10H2,1H3,(H2,17,18,19);1H. The molecule has 2 aromatic heterocycles. The van der Waals surface area contributed by atoms with Crippen LogP contribution < -0.4 is 10.6 Å². The molecular weight excluding hydrogens is 405 g/mol. The number of nitrogens with zero attached hydrogens (tertiary/aromatic N) is 3. The topological polar surface area (TPSA) is 67.4 Å². The van der Waals surface area contributed by atoms with Gasteiger partial charge in [0.05, 0.1) is 29.9 Å². The lowest BCUT2D eigenvalue weighted by atomic mass is 10.3. The van der Waals surface area contributed by atoms with Crippen LogP contribution in [0.4, 0.5) is 0 Å². The maximum absolute atomic E-state index is 5.04. The summed E-state index contributed by atoms with van der Waals surface area (Å²) in [6, 6.07) is 10.1. The van der Waals surface area contributed by atoms with Gasteiger partial charge in [-0.05, 0) is 18.2 Å². The van der Waals surface area contributed by atoms with E-state index in [1.807, 2.05) is 30.6 Å². The van der Waals surface area contributed by atoms with E-state index in [1.165, 1.54) is 0 Å². The first kappa shape index (κ1) is 17.3. The second kappa shape index (κ2) is 8.56. The average Bonchev–Trinajstić information content (AvgIpc) is 3.20. The SMILES string of the molecule is CN=C(NCCn1cnc2ccccc21)NCc1ccoc1.I. The molecule has 0 radical (unpaired) electrons. The minimum atomic E-state index is 0. The lowest BCUT2D eigenvalue weighted by Gasteiger charge is -2.11. The molecule has 0 atom stereocenters. The number of nitrogens with one attached hydrogen (secondary N) is 2. The van der Waals surface area contributed by atoms with Crippen LogP contribution in [0, 0.1) is 0 Å². The van der Waals surface area contributed by atoms with Crippen LogP contribution in [0.15, 0.2) is 58.6 Å². The van der Waals surface area contributed by atoms with Crippen LogP contribution >= 0.6 is 24.0 Å². The molecule has 6 nitrogen and oxygen atoms in total. The summed E-state index contributed by atoms with van der Waals surface area (Å²) in [4.78, 5) is 8.59. The molecule has 0 saturated heterocycles. The zero-order chi connectivity index (χ0) is 15.2. The van der Waals surface area contributed by atoms with E-state index >= 15 is 0 Å². The van der Waals surface area contributed by atoms with Gasteiger partial charge in [-0.25, -0.2) is 4.98 Å². The summed E-state index contributed by atoms with van der Waals surface area (Å²) in [5, 5.41) is 6.54. The molecule has 7 heteroatoms. The van der Waals surface area contributed by atoms with Gasteiger partial charge in [0.15, 0.2) is 5.96 Å². The van der Waals surface area contributed by atoms with Gasteiger partial charge < -0.3 is 19.6 Å². The van der Waals surface area contributed by atoms with Crippen molar-refractivity contribution in [2.45, 2.75) is 13.1 Å². The van der Waals surface area contributed by atoms with E-state index in [0.717, 1.165) is 35.6 Å². The van der Waals surface area contributed by atoms with E-state index in [4.69, 9.17) is 4.42 Å². The highest BCUT2D eigenvalue weighted by Gasteiger charge is 2.02. The Bertz CT molecular complexity index is 751. The number of imidazole rings is 1. The second-order valence-corrected chi connectivity index (χ2v) is 4.91. The number of hydrogen-bond acceptors (Lipinski definition) is 3. The van der Waals surface area contributed by atoms with Gasteiger partial charge in [0.25, 0.3) is 0 Å². The highest BCUT2D eigenvalue weighted by molar-refractivity contribution is 14.0. The number of fused-ring (bicyclic) bond motifs is 1. The molecule has 1 aromatic carbocycles. The van der Waals surface area contributed by atoms with Crippen molar-refractivity contribution >= 4 is 41.0 Å². The first-order chi connectivity index (χ1) is 10.9. The molecule has 122 valence electrons. The molecule has 23 heavy (non-hydrogen) atoms. The van der Waals surface area contributed by atoms with E-state index < -0.39 is 0 Å². The molecule has 0 unspecified atom stereocenters. The van der Waals surface area contributed by atoms with Crippen LogP contribution in [-0.4, -0.2) is 29.1 Å². The largest absolute Gasteiger partial charge is 0.472 e. The third-order valence-corrected chi connectivity index (χ3v) is 3.44. The second-order valence-electron chi connectivity index (χ2n) is 4.91. The summed E-state index contributed by atoms with van der Waals surface area (Å²) in [5.74, 6) is 0.769. The molecule has 0 aliphatic carbocycles. The van der Waals surface area contributed by atoms with E-state index in [1.54, 1.807) is 19.6 Å². The Kier molecular flexibility index (Phi) is 6.45. The number of hydrogen-bond donors (Lipinski definition) is 2. The van der Waals surface area contributed by atoms with Gasteiger partial charge in [0, 0.05) is 32.2 Å². The quantitative estimate of drug-likeness (QED) is 0.375. The molecular formula is C16H20IN5O. The summed E-state index contributed by atoms with van der Waals surface area (Å²) >= 11 is 0. The Morgan fingerprint density at radius 1 is 1.26 bits per heavy atom. The smallest absolute Gasteiger partial charge is 0.191 e. The molecule has 0 amide bonds. The van der Waals surface area contributed by atoms with Gasteiger partial charge in [0.2, 0.25) is 0 Å². The fraction of sp³-hybridized carbons (Fsp3) is 0.250. The number of benzene rings is 1. The highest BCUT2D eigenvalue weighted by Crippen LogP contribution is 2.10. The van der Waals surface area contributed by atoms with E-state index in [-0.39, 0.29) is 24.0 Å². The molecule has 0 aliphatic rings. The summed E-state index contributed by atoms with van der Waals surface area (Å²) in [6.45, 7) is 2.28. The monoisotopic (exact) mass is 425 g/mol. The highest BCUT2D eigenvalue weighted by atomic mass is 127. The van der Waals surface area contributed by atoms with Crippen molar-refractivity contribution in [2.75, 3.05) is 13.6 Å². The molecule has 2 N–H and O–H groups in total. The number of aliphatic imine (C=N–C) groups is 1. The van der Waals surface area contributed by atoms with Crippen molar-refractivity contribution < 1.29 is 4.42 Å². The predicted octanol–water partition coefficient (Wildman–Crippen LogP) is 2.61. The van der Waals surface area contributed by atoms with Crippen molar-refractivity contribution in [1.29, 1.82) is 0 Å². The maximum Gasteiger partial charge on any atom is 0.191 e. The Morgan fingerprint density at radius 3 is 2.91 bits per heavy atom. The van der Waals surface area contributed by atoms with E-state index in [2.05, 4.69) is 31.2 Å². The van der Waals surface area contributed by atoms with Crippen molar-refractivity contribution in [3.8, 4) is 0 Å².